The molecule has 2 aromatic carbocycles. The number of rotatable bonds is 6. The first kappa shape index (κ1) is 13.5. The van der Waals surface area contributed by atoms with Crippen molar-refractivity contribution in [2.24, 2.45) is 0 Å². The number of benzene rings is 2. The Morgan fingerprint density at radius 1 is 1.00 bits per heavy atom. The summed E-state index contributed by atoms with van der Waals surface area (Å²) in [6.07, 6.45) is 4.58. The maximum Gasteiger partial charge on any atom is 0.116 e. The molecule has 0 amide bonds. The minimum atomic E-state index is 0.338. The quantitative estimate of drug-likeness (QED) is 0.570. The van der Waals surface area contributed by atoms with Crippen molar-refractivity contribution < 1.29 is 5.11 Å². The fourth-order valence-corrected chi connectivity index (χ4v) is 2.15. The highest BCUT2D eigenvalue weighted by Crippen LogP contribution is 2.26. The fourth-order valence-electron chi connectivity index (χ4n) is 2.15. The first-order valence-corrected chi connectivity index (χ1v) is 6.93. The van der Waals surface area contributed by atoms with E-state index < -0.39 is 0 Å². The summed E-state index contributed by atoms with van der Waals surface area (Å²) in [5, 5.41) is 13.0. The van der Waals surface area contributed by atoms with Gasteiger partial charge in [-0.25, -0.2) is 0 Å². The van der Waals surface area contributed by atoms with E-state index in [1.54, 1.807) is 6.07 Å². The van der Waals surface area contributed by atoms with E-state index in [1.165, 1.54) is 18.4 Å². The molecular formula is C17H21NO. The van der Waals surface area contributed by atoms with Gasteiger partial charge in [-0.15, -0.1) is 0 Å². The van der Waals surface area contributed by atoms with Gasteiger partial charge in [-0.1, -0.05) is 38.0 Å². The first-order valence-electron chi connectivity index (χ1n) is 6.93. The van der Waals surface area contributed by atoms with Gasteiger partial charge in [0.2, 0.25) is 0 Å². The zero-order valence-corrected chi connectivity index (χ0v) is 11.4. The number of para-hydroxylation sites is 1. The summed E-state index contributed by atoms with van der Waals surface area (Å²) < 4.78 is 0. The van der Waals surface area contributed by atoms with E-state index in [-0.39, 0.29) is 0 Å². The van der Waals surface area contributed by atoms with Crippen molar-refractivity contribution in [1.82, 2.24) is 0 Å². The summed E-state index contributed by atoms with van der Waals surface area (Å²) in [5.74, 6) is 0.338. The molecule has 0 atom stereocenters. The van der Waals surface area contributed by atoms with E-state index in [2.05, 4.69) is 12.2 Å². The molecule has 2 aromatic rings. The molecule has 0 unspecified atom stereocenters. The normalized spacial score (nSPS) is 10.4. The molecule has 0 saturated carbocycles. The second-order valence-electron chi connectivity index (χ2n) is 4.79. The van der Waals surface area contributed by atoms with Crippen LogP contribution in [0.5, 0.6) is 5.75 Å². The van der Waals surface area contributed by atoms with Crippen molar-refractivity contribution in [2.45, 2.75) is 32.6 Å². The summed E-state index contributed by atoms with van der Waals surface area (Å²) in [7, 11) is 0. The lowest BCUT2D eigenvalue weighted by atomic mass is 10.0. The summed E-state index contributed by atoms with van der Waals surface area (Å²) in [5.41, 5.74) is 3.34. The number of nitrogens with one attached hydrogen (secondary N) is 1. The Bertz CT molecular complexity index is 508. The standard InChI is InChI=1S/C17H21NO/c1-2-3-5-8-14-13-16(19)11-12-17(14)18-15-9-6-4-7-10-15/h4,6-7,9-13,18-19H,2-3,5,8H2,1H3. The van der Waals surface area contributed by atoms with Crippen LogP contribution in [0.1, 0.15) is 31.7 Å². The fraction of sp³-hybridized carbons (Fsp3) is 0.294. The number of phenolic OH excluding ortho intramolecular Hbond substituents is 1. The summed E-state index contributed by atoms with van der Waals surface area (Å²) in [6, 6.07) is 15.7. The molecule has 0 bridgehead atoms. The van der Waals surface area contributed by atoms with Gasteiger partial charge in [-0.05, 0) is 48.7 Å². The van der Waals surface area contributed by atoms with Crippen molar-refractivity contribution in [1.29, 1.82) is 0 Å². The monoisotopic (exact) mass is 255 g/mol. The number of hydrogen-bond acceptors (Lipinski definition) is 2. The molecule has 2 nitrogen and oxygen atoms in total. The molecule has 0 aromatic heterocycles. The molecule has 2 rings (SSSR count). The van der Waals surface area contributed by atoms with Crippen molar-refractivity contribution in [3.8, 4) is 5.75 Å². The van der Waals surface area contributed by atoms with Gasteiger partial charge in [-0.2, -0.15) is 0 Å². The van der Waals surface area contributed by atoms with E-state index >= 15 is 0 Å². The number of aryl methyl sites for hydroxylation is 1. The smallest absolute Gasteiger partial charge is 0.116 e. The van der Waals surface area contributed by atoms with Crippen LogP contribution in [0.2, 0.25) is 0 Å². The lowest BCUT2D eigenvalue weighted by Gasteiger charge is -2.12. The zero-order valence-electron chi connectivity index (χ0n) is 11.4. The van der Waals surface area contributed by atoms with Crippen LogP contribution >= 0.6 is 0 Å². The average molecular weight is 255 g/mol. The molecule has 0 radical (unpaired) electrons. The van der Waals surface area contributed by atoms with Crippen LogP contribution in [-0.2, 0) is 6.42 Å². The largest absolute Gasteiger partial charge is 0.508 e. The third-order valence-electron chi connectivity index (χ3n) is 3.19. The van der Waals surface area contributed by atoms with Crippen LogP contribution in [0, 0.1) is 0 Å². The minimum Gasteiger partial charge on any atom is -0.508 e. The molecule has 0 aliphatic carbocycles. The van der Waals surface area contributed by atoms with Gasteiger partial charge in [0.25, 0.3) is 0 Å². The number of aromatic hydroxyl groups is 1. The van der Waals surface area contributed by atoms with E-state index in [0.717, 1.165) is 24.2 Å². The summed E-state index contributed by atoms with van der Waals surface area (Å²) in [6.45, 7) is 2.20. The van der Waals surface area contributed by atoms with Crippen LogP contribution in [0.4, 0.5) is 11.4 Å². The first-order chi connectivity index (χ1) is 9.29. The second-order valence-corrected chi connectivity index (χ2v) is 4.79. The Labute approximate surface area is 115 Å². The van der Waals surface area contributed by atoms with E-state index in [0.29, 0.717) is 5.75 Å². The van der Waals surface area contributed by atoms with Gasteiger partial charge >= 0.3 is 0 Å². The van der Waals surface area contributed by atoms with Gasteiger partial charge < -0.3 is 10.4 Å². The lowest BCUT2D eigenvalue weighted by molar-refractivity contribution is 0.474. The average Bonchev–Trinajstić information content (AvgIpc) is 2.43. The van der Waals surface area contributed by atoms with Crippen LogP contribution < -0.4 is 5.32 Å². The molecule has 100 valence electrons. The topological polar surface area (TPSA) is 32.3 Å². The maximum atomic E-state index is 9.63. The van der Waals surface area contributed by atoms with Crippen LogP contribution in [0.25, 0.3) is 0 Å². The van der Waals surface area contributed by atoms with Crippen LogP contribution in [0.15, 0.2) is 48.5 Å². The zero-order chi connectivity index (χ0) is 13.5. The number of anilines is 2. The van der Waals surface area contributed by atoms with Crippen molar-refractivity contribution in [3.63, 3.8) is 0 Å². The molecule has 0 heterocycles. The maximum absolute atomic E-state index is 9.63. The lowest BCUT2D eigenvalue weighted by Crippen LogP contribution is -1.96. The molecule has 2 N–H and O–H groups in total. The Kier molecular flexibility index (Phi) is 4.85. The minimum absolute atomic E-state index is 0.338. The highest BCUT2D eigenvalue weighted by molar-refractivity contribution is 5.64. The third-order valence-corrected chi connectivity index (χ3v) is 3.19. The van der Waals surface area contributed by atoms with Crippen molar-refractivity contribution in [2.75, 3.05) is 5.32 Å². The van der Waals surface area contributed by atoms with Crippen molar-refractivity contribution in [3.05, 3.63) is 54.1 Å². The van der Waals surface area contributed by atoms with Gasteiger partial charge in [0, 0.05) is 11.4 Å². The highest BCUT2D eigenvalue weighted by atomic mass is 16.3. The molecular weight excluding hydrogens is 234 g/mol. The third kappa shape index (κ3) is 4.02. The molecule has 0 aliphatic rings. The van der Waals surface area contributed by atoms with E-state index in [1.807, 2.05) is 42.5 Å². The number of phenols is 1. The van der Waals surface area contributed by atoms with Gasteiger partial charge in [0.1, 0.15) is 5.75 Å². The van der Waals surface area contributed by atoms with E-state index in [4.69, 9.17) is 0 Å². The Balaban J connectivity index is 2.14. The number of hydrogen-bond donors (Lipinski definition) is 2. The van der Waals surface area contributed by atoms with Gasteiger partial charge in [0.05, 0.1) is 0 Å². The van der Waals surface area contributed by atoms with Crippen LogP contribution in [-0.4, -0.2) is 5.11 Å². The molecule has 19 heavy (non-hydrogen) atoms. The molecule has 0 spiro atoms. The predicted molar refractivity (Wildman–Crippen MR) is 81.1 cm³/mol. The SMILES string of the molecule is CCCCCc1cc(O)ccc1Nc1ccccc1. The van der Waals surface area contributed by atoms with Crippen LogP contribution in [0.3, 0.4) is 0 Å². The van der Waals surface area contributed by atoms with E-state index in [9.17, 15) is 5.11 Å². The Hall–Kier alpha value is -1.96. The summed E-state index contributed by atoms with van der Waals surface area (Å²) >= 11 is 0. The highest BCUT2D eigenvalue weighted by Gasteiger charge is 2.04. The van der Waals surface area contributed by atoms with Gasteiger partial charge in [-0.3, -0.25) is 0 Å². The predicted octanol–water partition coefficient (Wildman–Crippen LogP) is 4.87. The summed E-state index contributed by atoms with van der Waals surface area (Å²) in [4.78, 5) is 0. The molecule has 0 aliphatic heterocycles. The second kappa shape index (κ2) is 6.83. The van der Waals surface area contributed by atoms with Crippen molar-refractivity contribution >= 4 is 11.4 Å². The Morgan fingerprint density at radius 3 is 2.53 bits per heavy atom. The number of unbranched alkanes of at least 4 members (excludes halogenated alkanes) is 2. The molecule has 0 saturated heterocycles. The Morgan fingerprint density at radius 2 is 1.79 bits per heavy atom. The molecule has 2 heteroatoms. The molecule has 0 fully saturated rings. The van der Waals surface area contributed by atoms with Gasteiger partial charge in [0.15, 0.2) is 0 Å².